The molecule has 0 heterocycles. The number of nitrogens with two attached hydrogens (primary N) is 1. The summed E-state index contributed by atoms with van der Waals surface area (Å²) < 4.78 is 0. The number of nitrogen functional groups attached to an aromatic ring is 1. The van der Waals surface area contributed by atoms with Crippen molar-refractivity contribution in [2.24, 2.45) is 0 Å². The van der Waals surface area contributed by atoms with Crippen molar-refractivity contribution in [3.8, 4) is 0 Å². The molecule has 0 aliphatic heterocycles. The highest BCUT2D eigenvalue weighted by molar-refractivity contribution is 5.91. The fraction of sp³-hybridized carbons (Fsp3) is 0.533. The van der Waals surface area contributed by atoms with Crippen molar-refractivity contribution in [2.75, 3.05) is 24.6 Å². The van der Waals surface area contributed by atoms with Gasteiger partial charge in [-0.1, -0.05) is 18.9 Å². The van der Waals surface area contributed by atoms with Gasteiger partial charge in [-0.05, 0) is 38.1 Å². The first-order valence-electron chi connectivity index (χ1n) is 7.01. The number of nitrogens with zero attached hydrogens (tertiary/aromatic N) is 1. The fourth-order valence-electron chi connectivity index (χ4n) is 2.65. The first-order valence-corrected chi connectivity index (χ1v) is 7.01. The molecular weight excluding hydrogens is 238 g/mol. The van der Waals surface area contributed by atoms with Gasteiger partial charge in [-0.15, -0.1) is 0 Å². The molecule has 0 radical (unpaired) electrons. The predicted octanol–water partition coefficient (Wildman–Crippen LogP) is 2.47. The summed E-state index contributed by atoms with van der Waals surface area (Å²) in [6.07, 6.45) is 5.72. The zero-order chi connectivity index (χ0) is 13.7. The van der Waals surface area contributed by atoms with E-state index in [1.54, 1.807) is 6.07 Å². The summed E-state index contributed by atoms with van der Waals surface area (Å²) in [5.74, 6) is 0.0513. The van der Waals surface area contributed by atoms with Crippen molar-refractivity contribution < 1.29 is 4.79 Å². The lowest BCUT2D eigenvalue weighted by atomic mass is 10.2. The lowest BCUT2D eigenvalue weighted by molar-refractivity contribution is -0.116. The van der Waals surface area contributed by atoms with Gasteiger partial charge in [0.1, 0.15) is 0 Å². The van der Waals surface area contributed by atoms with Gasteiger partial charge >= 0.3 is 0 Å². The van der Waals surface area contributed by atoms with E-state index in [9.17, 15) is 4.79 Å². The third-order valence-electron chi connectivity index (χ3n) is 3.81. The quantitative estimate of drug-likeness (QED) is 0.801. The summed E-state index contributed by atoms with van der Waals surface area (Å²) >= 11 is 0. The molecule has 3 N–H and O–H groups in total. The lowest BCUT2D eigenvalue weighted by Crippen LogP contribution is -2.32. The Kier molecular flexibility index (Phi) is 4.80. The van der Waals surface area contributed by atoms with Crippen LogP contribution in [0.4, 0.5) is 11.4 Å². The minimum atomic E-state index is 0.0513. The highest BCUT2D eigenvalue weighted by atomic mass is 16.1. The van der Waals surface area contributed by atoms with Gasteiger partial charge in [0.2, 0.25) is 5.91 Å². The van der Waals surface area contributed by atoms with Crippen molar-refractivity contribution in [3.05, 3.63) is 24.3 Å². The molecule has 0 atom stereocenters. The SMILES string of the molecule is CN(CCC(=O)Nc1cccc(N)c1)C1CCCC1. The minimum absolute atomic E-state index is 0.0513. The van der Waals surface area contributed by atoms with Crippen LogP contribution in [-0.4, -0.2) is 30.4 Å². The molecule has 1 saturated carbocycles. The number of benzene rings is 1. The first kappa shape index (κ1) is 13.9. The number of carbonyl (C=O) groups is 1. The molecular formula is C15H23N3O. The first-order chi connectivity index (χ1) is 9.15. The zero-order valence-corrected chi connectivity index (χ0v) is 11.6. The second-order valence-electron chi connectivity index (χ2n) is 5.34. The summed E-state index contributed by atoms with van der Waals surface area (Å²) in [6, 6.07) is 7.95. The molecule has 0 bridgehead atoms. The summed E-state index contributed by atoms with van der Waals surface area (Å²) in [5.41, 5.74) is 7.12. The van der Waals surface area contributed by atoms with E-state index in [0.717, 1.165) is 12.2 Å². The Balaban J connectivity index is 1.75. The van der Waals surface area contributed by atoms with Crippen LogP contribution >= 0.6 is 0 Å². The van der Waals surface area contributed by atoms with E-state index in [4.69, 9.17) is 5.73 Å². The second kappa shape index (κ2) is 6.57. The topological polar surface area (TPSA) is 58.4 Å². The van der Waals surface area contributed by atoms with Crippen LogP contribution in [0.3, 0.4) is 0 Å². The third-order valence-corrected chi connectivity index (χ3v) is 3.81. The average molecular weight is 261 g/mol. The maximum absolute atomic E-state index is 11.9. The summed E-state index contributed by atoms with van der Waals surface area (Å²) in [4.78, 5) is 14.2. The van der Waals surface area contributed by atoms with E-state index >= 15 is 0 Å². The monoisotopic (exact) mass is 261 g/mol. The summed E-state index contributed by atoms with van der Waals surface area (Å²) in [7, 11) is 2.11. The predicted molar refractivity (Wildman–Crippen MR) is 79.0 cm³/mol. The van der Waals surface area contributed by atoms with E-state index in [2.05, 4.69) is 17.3 Å². The van der Waals surface area contributed by atoms with E-state index in [0.29, 0.717) is 18.2 Å². The highest BCUT2D eigenvalue weighted by Gasteiger charge is 2.19. The second-order valence-corrected chi connectivity index (χ2v) is 5.34. The van der Waals surface area contributed by atoms with Crippen LogP contribution in [0.25, 0.3) is 0 Å². The molecule has 1 aliphatic rings. The fourth-order valence-corrected chi connectivity index (χ4v) is 2.65. The largest absolute Gasteiger partial charge is 0.399 e. The number of carbonyl (C=O) groups excluding carboxylic acids is 1. The molecule has 1 aliphatic carbocycles. The molecule has 1 aromatic carbocycles. The van der Waals surface area contributed by atoms with Crippen molar-refractivity contribution in [3.63, 3.8) is 0 Å². The molecule has 1 fully saturated rings. The third kappa shape index (κ3) is 4.24. The van der Waals surface area contributed by atoms with E-state index in [1.807, 2.05) is 18.2 Å². The molecule has 0 unspecified atom stereocenters. The van der Waals surface area contributed by atoms with Crippen molar-refractivity contribution in [1.82, 2.24) is 4.90 Å². The Morgan fingerprint density at radius 3 is 2.84 bits per heavy atom. The van der Waals surface area contributed by atoms with Gasteiger partial charge < -0.3 is 16.0 Å². The molecule has 104 valence electrons. The molecule has 19 heavy (non-hydrogen) atoms. The van der Waals surface area contributed by atoms with Gasteiger partial charge in [0.15, 0.2) is 0 Å². The Morgan fingerprint density at radius 2 is 2.16 bits per heavy atom. The summed E-state index contributed by atoms with van der Waals surface area (Å²) in [6.45, 7) is 0.818. The maximum Gasteiger partial charge on any atom is 0.225 e. The highest BCUT2D eigenvalue weighted by Crippen LogP contribution is 2.22. The number of amides is 1. The average Bonchev–Trinajstić information content (AvgIpc) is 2.90. The van der Waals surface area contributed by atoms with Gasteiger partial charge in [-0.25, -0.2) is 0 Å². The molecule has 0 aromatic heterocycles. The minimum Gasteiger partial charge on any atom is -0.399 e. The molecule has 4 nitrogen and oxygen atoms in total. The Bertz CT molecular complexity index is 427. The number of rotatable bonds is 5. The lowest BCUT2D eigenvalue weighted by Gasteiger charge is -2.23. The molecule has 2 rings (SSSR count). The number of hydrogen-bond donors (Lipinski definition) is 2. The van der Waals surface area contributed by atoms with Crippen LogP contribution in [0.5, 0.6) is 0 Å². The van der Waals surface area contributed by atoms with Crippen LogP contribution in [0, 0.1) is 0 Å². The Labute approximate surface area is 115 Å². The van der Waals surface area contributed by atoms with Gasteiger partial charge in [0.25, 0.3) is 0 Å². The Morgan fingerprint density at radius 1 is 1.42 bits per heavy atom. The van der Waals surface area contributed by atoms with Gasteiger partial charge in [0.05, 0.1) is 0 Å². The number of anilines is 2. The van der Waals surface area contributed by atoms with Crippen LogP contribution < -0.4 is 11.1 Å². The van der Waals surface area contributed by atoms with Crippen LogP contribution in [0.15, 0.2) is 24.3 Å². The molecule has 4 heteroatoms. The number of hydrogen-bond acceptors (Lipinski definition) is 3. The maximum atomic E-state index is 11.9. The molecule has 1 aromatic rings. The van der Waals surface area contributed by atoms with Gasteiger partial charge in [0, 0.05) is 30.4 Å². The van der Waals surface area contributed by atoms with Crippen LogP contribution in [0.2, 0.25) is 0 Å². The molecule has 1 amide bonds. The van der Waals surface area contributed by atoms with Gasteiger partial charge in [-0.3, -0.25) is 4.79 Å². The zero-order valence-electron chi connectivity index (χ0n) is 11.6. The summed E-state index contributed by atoms with van der Waals surface area (Å²) in [5, 5.41) is 2.88. The van der Waals surface area contributed by atoms with E-state index in [1.165, 1.54) is 25.7 Å². The number of nitrogens with one attached hydrogen (secondary N) is 1. The van der Waals surface area contributed by atoms with Crippen molar-refractivity contribution in [2.45, 2.75) is 38.1 Å². The normalized spacial score (nSPS) is 15.9. The Hall–Kier alpha value is -1.55. The van der Waals surface area contributed by atoms with E-state index in [-0.39, 0.29) is 5.91 Å². The standard InChI is InChI=1S/C15H23N3O/c1-18(14-7-2-3-8-14)10-9-15(19)17-13-6-4-5-12(16)11-13/h4-6,11,14H,2-3,7-10,16H2,1H3,(H,17,19). The smallest absolute Gasteiger partial charge is 0.225 e. The van der Waals surface area contributed by atoms with Crippen molar-refractivity contribution >= 4 is 17.3 Å². The van der Waals surface area contributed by atoms with Gasteiger partial charge in [-0.2, -0.15) is 0 Å². The molecule has 0 saturated heterocycles. The van der Waals surface area contributed by atoms with Crippen LogP contribution in [-0.2, 0) is 4.79 Å². The van der Waals surface area contributed by atoms with E-state index < -0.39 is 0 Å². The van der Waals surface area contributed by atoms with Crippen molar-refractivity contribution in [1.29, 1.82) is 0 Å². The van der Waals surface area contributed by atoms with Crippen LogP contribution in [0.1, 0.15) is 32.1 Å². The molecule has 0 spiro atoms.